The number of hydrogen-bond donors (Lipinski definition) is 2. The van der Waals surface area contributed by atoms with Gasteiger partial charge in [0.2, 0.25) is 10.0 Å². The van der Waals surface area contributed by atoms with Gasteiger partial charge in [0.15, 0.2) is 6.61 Å². The lowest BCUT2D eigenvalue weighted by molar-refractivity contribution is -0.123. The molecule has 1 amide bonds. The summed E-state index contributed by atoms with van der Waals surface area (Å²) in [6.45, 7) is 2.12. The fourth-order valence-electron chi connectivity index (χ4n) is 2.83. The van der Waals surface area contributed by atoms with Crippen molar-refractivity contribution in [3.05, 3.63) is 90.0 Å². The Balaban J connectivity index is 1.45. The van der Waals surface area contributed by atoms with Gasteiger partial charge in [-0.15, -0.1) is 0 Å². The number of nitrogens with one attached hydrogen (secondary N) is 1. The first-order chi connectivity index (χ1) is 14.8. The van der Waals surface area contributed by atoms with E-state index < -0.39 is 10.0 Å². The Kier molecular flexibility index (Phi) is 7.28. The van der Waals surface area contributed by atoms with Crippen molar-refractivity contribution >= 4 is 15.9 Å². The molecule has 0 bridgehead atoms. The molecule has 3 N–H and O–H groups in total. The van der Waals surface area contributed by atoms with E-state index in [-0.39, 0.29) is 23.5 Å². The van der Waals surface area contributed by atoms with Crippen molar-refractivity contribution < 1.29 is 22.7 Å². The highest BCUT2D eigenvalue weighted by molar-refractivity contribution is 7.89. The van der Waals surface area contributed by atoms with Crippen LogP contribution in [0.4, 0.5) is 0 Å². The molecular weight excluding hydrogens is 416 g/mol. The fraction of sp³-hybridized carbons (Fsp3) is 0.174. The number of sulfonamides is 1. The lowest BCUT2D eigenvalue weighted by Gasteiger charge is -2.15. The van der Waals surface area contributed by atoms with E-state index >= 15 is 0 Å². The van der Waals surface area contributed by atoms with Crippen LogP contribution < -0.4 is 19.9 Å². The van der Waals surface area contributed by atoms with E-state index in [4.69, 9.17) is 14.6 Å². The van der Waals surface area contributed by atoms with E-state index in [0.29, 0.717) is 18.1 Å². The van der Waals surface area contributed by atoms with Crippen LogP contribution in [0.25, 0.3) is 0 Å². The van der Waals surface area contributed by atoms with Crippen LogP contribution in [0.2, 0.25) is 0 Å². The summed E-state index contributed by atoms with van der Waals surface area (Å²) in [4.78, 5) is 12.2. The van der Waals surface area contributed by atoms with Gasteiger partial charge in [0, 0.05) is 0 Å². The summed E-state index contributed by atoms with van der Waals surface area (Å²) in [6.07, 6.45) is 0. The molecule has 0 heterocycles. The van der Waals surface area contributed by atoms with Crippen LogP contribution in [-0.4, -0.2) is 20.9 Å². The normalized spacial score (nSPS) is 12.1. The molecule has 1 unspecified atom stereocenters. The second-order valence-corrected chi connectivity index (χ2v) is 8.50. The zero-order valence-corrected chi connectivity index (χ0v) is 17.8. The second-order valence-electron chi connectivity index (χ2n) is 6.94. The minimum Gasteiger partial charge on any atom is -0.489 e. The van der Waals surface area contributed by atoms with Gasteiger partial charge in [-0.05, 0) is 54.4 Å². The summed E-state index contributed by atoms with van der Waals surface area (Å²) >= 11 is 0. The quantitative estimate of drug-likeness (QED) is 0.531. The number of amides is 1. The highest BCUT2D eigenvalue weighted by atomic mass is 32.2. The van der Waals surface area contributed by atoms with Crippen molar-refractivity contribution in [1.29, 1.82) is 0 Å². The molecule has 1 atom stereocenters. The molecule has 0 aliphatic heterocycles. The highest BCUT2D eigenvalue weighted by Gasteiger charge is 2.12. The third kappa shape index (κ3) is 6.84. The van der Waals surface area contributed by atoms with Crippen LogP contribution in [0.5, 0.6) is 11.5 Å². The van der Waals surface area contributed by atoms with Crippen molar-refractivity contribution in [3.63, 3.8) is 0 Å². The molecule has 0 aromatic heterocycles. The summed E-state index contributed by atoms with van der Waals surface area (Å²) in [5.41, 5.74) is 1.83. The summed E-state index contributed by atoms with van der Waals surface area (Å²) in [5.74, 6) is 0.956. The molecule has 0 radical (unpaired) electrons. The number of ether oxygens (including phenoxy) is 2. The van der Waals surface area contributed by atoms with Gasteiger partial charge < -0.3 is 14.8 Å². The SMILES string of the molecule is CC(NC(=O)COc1ccc(OCc2ccccc2)cc1)c1ccc(S(N)(=O)=O)cc1. The zero-order valence-electron chi connectivity index (χ0n) is 17.0. The van der Waals surface area contributed by atoms with Crippen LogP contribution in [0, 0.1) is 0 Å². The van der Waals surface area contributed by atoms with Crippen molar-refractivity contribution in [2.45, 2.75) is 24.5 Å². The van der Waals surface area contributed by atoms with Crippen molar-refractivity contribution in [1.82, 2.24) is 5.32 Å². The lowest BCUT2D eigenvalue weighted by Crippen LogP contribution is -2.31. The number of rotatable bonds is 9. The highest BCUT2D eigenvalue weighted by Crippen LogP contribution is 2.19. The molecular formula is C23H24N2O5S. The van der Waals surface area contributed by atoms with Crippen molar-refractivity contribution in [2.24, 2.45) is 5.14 Å². The molecule has 3 aromatic carbocycles. The molecule has 31 heavy (non-hydrogen) atoms. The van der Waals surface area contributed by atoms with E-state index in [0.717, 1.165) is 11.1 Å². The van der Waals surface area contributed by atoms with Gasteiger partial charge in [-0.2, -0.15) is 0 Å². The van der Waals surface area contributed by atoms with Crippen LogP contribution >= 0.6 is 0 Å². The van der Waals surface area contributed by atoms with Gasteiger partial charge in [0.25, 0.3) is 5.91 Å². The van der Waals surface area contributed by atoms with Crippen molar-refractivity contribution in [3.8, 4) is 11.5 Å². The van der Waals surface area contributed by atoms with E-state index in [9.17, 15) is 13.2 Å². The summed E-state index contributed by atoms with van der Waals surface area (Å²) in [6, 6.07) is 22.6. The molecule has 0 saturated heterocycles. The zero-order chi connectivity index (χ0) is 22.3. The van der Waals surface area contributed by atoms with Gasteiger partial charge in [0.1, 0.15) is 18.1 Å². The van der Waals surface area contributed by atoms with E-state index in [1.165, 1.54) is 12.1 Å². The number of carbonyl (C=O) groups is 1. The maximum atomic E-state index is 12.2. The Morgan fingerprint density at radius 1 is 0.903 bits per heavy atom. The largest absolute Gasteiger partial charge is 0.489 e. The Hall–Kier alpha value is -3.36. The van der Waals surface area contributed by atoms with Crippen LogP contribution in [-0.2, 0) is 21.4 Å². The summed E-state index contributed by atoms with van der Waals surface area (Å²) < 4.78 is 33.9. The third-order valence-corrected chi connectivity index (χ3v) is 5.46. The van der Waals surface area contributed by atoms with Crippen LogP contribution in [0.1, 0.15) is 24.1 Å². The Bertz CT molecular complexity index is 1100. The second kappa shape index (κ2) is 10.1. The fourth-order valence-corrected chi connectivity index (χ4v) is 3.35. The molecule has 3 aromatic rings. The first kappa shape index (κ1) is 22.3. The van der Waals surface area contributed by atoms with Crippen LogP contribution in [0.15, 0.2) is 83.8 Å². The first-order valence-electron chi connectivity index (χ1n) is 9.63. The molecule has 0 saturated carbocycles. The molecule has 7 nitrogen and oxygen atoms in total. The predicted octanol–water partition coefficient (Wildman–Crippen LogP) is 3.17. The number of hydrogen-bond acceptors (Lipinski definition) is 5. The minimum atomic E-state index is -3.74. The average Bonchev–Trinajstić information content (AvgIpc) is 2.77. The third-order valence-electron chi connectivity index (χ3n) is 4.53. The topological polar surface area (TPSA) is 108 Å². The number of benzene rings is 3. The molecule has 0 aliphatic carbocycles. The molecule has 162 valence electrons. The number of primary sulfonamides is 1. The predicted molar refractivity (Wildman–Crippen MR) is 117 cm³/mol. The lowest BCUT2D eigenvalue weighted by atomic mass is 10.1. The molecule has 0 spiro atoms. The molecule has 3 rings (SSSR count). The standard InChI is InChI=1S/C23H24N2O5S/c1-17(19-7-13-22(14-8-19)31(24,27)28)25-23(26)16-30-21-11-9-20(10-12-21)29-15-18-5-3-2-4-6-18/h2-14,17H,15-16H2,1H3,(H,25,26)(H2,24,27,28). The smallest absolute Gasteiger partial charge is 0.258 e. The maximum Gasteiger partial charge on any atom is 0.258 e. The van der Waals surface area contributed by atoms with Crippen molar-refractivity contribution in [2.75, 3.05) is 6.61 Å². The number of nitrogens with two attached hydrogens (primary N) is 1. The van der Waals surface area contributed by atoms with Crippen LogP contribution in [0.3, 0.4) is 0 Å². The molecule has 0 aliphatic rings. The van der Waals surface area contributed by atoms with E-state index in [1.54, 1.807) is 43.3 Å². The van der Waals surface area contributed by atoms with Gasteiger partial charge >= 0.3 is 0 Å². The van der Waals surface area contributed by atoms with Gasteiger partial charge in [-0.3, -0.25) is 4.79 Å². The van der Waals surface area contributed by atoms with E-state index in [1.807, 2.05) is 30.3 Å². The Morgan fingerprint density at radius 3 is 2.06 bits per heavy atom. The molecule has 0 fully saturated rings. The molecule has 8 heteroatoms. The Morgan fingerprint density at radius 2 is 1.48 bits per heavy atom. The summed E-state index contributed by atoms with van der Waals surface area (Å²) in [7, 11) is -3.74. The first-order valence-corrected chi connectivity index (χ1v) is 11.2. The minimum absolute atomic E-state index is 0.0225. The summed E-state index contributed by atoms with van der Waals surface area (Å²) in [5, 5.41) is 7.89. The van der Waals surface area contributed by atoms with Gasteiger partial charge in [-0.1, -0.05) is 42.5 Å². The van der Waals surface area contributed by atoms with Gasteiger partial charge in [0.05, 0.1) is 10.9 Å². The van der Waals surface area contributed by atoms with E-state index in [2.05, 4.69) is 5.32 Å². The Labute approximate surface area is 181 Å². The van der Waals surface area contributed by atoms with Gasteiger partial charge in [-0.25, -0.2) is 13.6 Å². The monoisotopic (exact) mass is 440 g/mol. The number of carbonyl (C=O) groups excluding carboxylic acids is 1. The maximum absolute atomic E-state index is 12.2. The average molecular weight is 441 g/mol.